The fraction of sp³-hybridized carbons (Fsp3) is 0.333. The summed E-state index contributed by atoms with van der Waals surface area (Å²) < 4.78 is 5.34. The molecule has 0 spiro atoms. The van der Waals surface area contributed by atoms with Crippen molar-refractivity contribution in [2.24, 2.45) is 0 Å². The molecular formula is C9H10OS. The van der Waals surface area contributed by atoms with Gasteiger partial charge in [0.05, 0.1) is 6.61 Å². The van der Waals surface area contributed by atoms with Crippen LogP contribution in [-0.2, 0) is 10.6 Å². The van der Waals surface area contributed by atoms with Gasteiger partial charge in [0.15, 0.2) is 0 Å². The maximum absolute atomic E-state index is 5.34. The van der Waals surface area contributed by atoms with Crippen LogP contribution in [0, 0.1) is 0 Å². The maximum Gasteiger partial charge on any atom is 0.0621 e. The number of hydrogen-bond donors (Lipinski definition) is 0. The summed E-state index contributed by atoms with van der Waals surface area (Å²) in [5, 5.41) is 0. The van der Waals surface area contributed by atoms with Crippen LogP contribution >= 0.6 is 12.0 Å². The second-order valence-corrected chi connectivity index (χ2v) is 3.46. The van der Waals surface area contributed by atoms with Gasteiger partial charge in [0, 0.05) is 16.9 Å². The fourth-order valence-corrected chi connectivity index (χ4v) is 1.96. The summed E-state index contributed by atoms with van der Waals surface area (Å²) in [7, 11) is 0. The Hall–Kier alpha value is -0.470. The SMILES string of the molecule is c1ccc2c(c1)CCCOS2. The van der Waals surface area contributed by atoms with E-state index in [1.165, 1.54) is 22.5 Å². The highest BCUT2D eigenvalue weighted by Gasteiger charge is 2.06. The second-order valence-electron chi connectivity index (χ2n) is 2.62. The van der Waals surface area contributed by atoms with E-state index in [2.05, 4.69) is 24.3 Å². The molecular weight excluding hydrogens is 156 g/mol. The van der Waals surface area contributed by atoms with Gasteiger partial charge in [-0.05, 0) is 24.5 Å². The van der Waals surface area contributed by atoms with Crippen molar-refractivity contribution in [3.8, 4) is 0 Å². The molecule has 0 radical (unpaired) electrons. The number of hydrogen-bond acceptors (Lipinski definition) is 2. The lowest BCUT2D eigenvalue weighted by Gasteiger charge is -2.00. The summed E-state index contributed by atoms with van der Waals surface area (Å²) in [5.41, 5.74) is 1.43. The third-order valence-corrected chi connectivity index (χ3v) is 2.66. The average molecular weight is 166 g/mol. The number of fused-ring (bicyclic) bond motifs is 1. The zero-order valence-corrected chi connectivity index (χ0v) is 7.06. The Balaban J connectivity index is 2.33. The molecule has 0 fully saturated rings. The van der Waals surface area contributed by atoms with E-state index in [0.29, 0.717) is 0 Å². The number of aryl methyl sites for hydroxylation is 1. The van der Waals surface area contributed by atoms with Crippen molar-refractivity contribution in [3.05, 3.63) is 29.8 Å². The maximum atomic E-state index is 5.34. The molecule has 11 heavy (non-hydrogen) atoms. The van der Waals surface area contributed by atoms with Crippen LogP contribution in [0.25, 0.3) is 0 Å². The van der Waals surface area contributed by atoms with E-state index in [4.69, 9.17) is 4.18 Å². The van der Waals surface area contributed by atoms with Gasteiger partial charge >= 0.3 is 0 Å². The van der Waals surface area contributed by atoms with Gasteiger partial charge in [-0.15, -0.1) is 0 Å². The van der Waals surface area contributed by atoms with Crippen LogP contribution in [0.15, 0.2) is 29.2 Å². The van der Waals surface area contributed by atoms with Gasteiger partial charge in [-0.25, -0.2) is 0 Å². The van der Waals surface area contributed by atoms with E-state index in [1.807, 2.05) is 0 Å². The summed E-state index contributed by atoms with van der Waals surface area (Å²) in [5.74, 6) is 0. The van der Waals surface area contributed by atoms with E-state index in [9.17, 15) is 0 Å². The summed E-state index contributed by atoms with van der Waals surface area (Å²) >= 11 is 1.51. The van der Waals surface area contributed by atoms with Gasteiger partial charge in [0.25, 0.3) is 0 Å². The largest absolute Gasteiger partial charge is 0.310 e. The molecule has 1 heterocycles. The molecule has 1 aliphatic rings. The molecule has 1 aromatic rings. The summed E-state index contributed by atoms with van der Waals surface area (Å²) in [6, 6.07) is 8.44. The van der Waals surface area contributed by atoms with Crippen LogP contribution in [0.3, 0.4) is 0 Å². The molecule has 58 valence electrons. The molecule has 0 aliphatic carbocycles. The van der Waals surface area contributed by atoms with Crippen molar-refractivity contribution >= 4 is 12.0 Å². The average Bonchev–Trinajstić information content (AvgIpc) is 2.28. The normalized spacial score (nSPS) is 17.1. The molecule has 1 aromatic carbocycles. The molecule has 0 saturated heterocycles. The van der Waals surface area contributed by atoms with Crippen LogP contribution < -0.4 is 0 Å². The van der Waals surface area contributed by atoms with Crippen LogP contribution in [0.5, 0.6) is 0 Å². The molecule has 0 atom stereocenters. The molecule has 2 rings (SSSR count). The van der Waals surface area contributed by atoms with Gasteiger partial charge < -0.3 is 4.18 Å². The Kier molecular flexibility index (Phi) is 2.15. The summed E-state index contributed by atoms with van der Waals surface area (Å²) in [6.07, 6.45) is 2.30. The number of rotatable bonds is 0. The van der Waals surface area contributed by atoms with Crippen LogP contribution in [-0.4, -0.2) is 6.61 Å². The fourth-order valence-electron chi connectivity index (χ4n) is 1.22. The van der Waals surface area contributed by atoms with Gasteiger partial charge in [-0.2, -0.15) is 0 Å². The van der Waals surface area contributed by atoms with Crippen LogP contribution in [0.4, 0.5) is 0 Å². The predicted molar refractivity (Wildman–Crippen MR) is 46.6 cm³/mol. The van der Waals surface area contributed by atoms with Crippen molar-refractivity contribution in [3.63, 3.8) is 0 Å². The van der Waals surface area contributed by atoms with Crippen molar-refractivity contribution in [2.45, 2.75) is 17.7 Å². The third kappa shape index (κ3) is 1.57. The zero-order chi connectivity index (χ0) is 7.52. The topological polar surface area (TPSA) is 9.23 Å². The molecule has 0 aromatic heterocycles. The first-order chi connectivity index (χ1) is 5.47. The minimum Gasteiger partial charge on any atom is -0.310 e. The summed E-state index contributed by atoms with van der Waals surface area (Å²) in [6.45, 7) is 0.874. The highest BCUT2D eigenvalue weighted by Crippen LogP contribution is 2.27. The van der Waals surface area contributed by atoms with Crippen LogP contribution in [0.2, 0.25) is 0 Å². The van der Waals surface area contributed by atoms with Crippen molar-refractivity contribution in [1.29, 1.82) is 0 Å². The number of benzene rings is 1. The zero-order valence-electron chi connectivity index (χ0n) is 6.25. The molecule has 0 N–H and O–H groups in total. The van der Waals surface area contributed by atoms with Crippen LogP contribution in [0.1, 0.15) is 12.0 Å². The van der Waals surface area contributed by atoms with Crippen molar-refractivity contribution < 1.29 is 4.18 Å². The van der Waals surface area contributed by atoms with Crippen molar-refractivity contribution in [2.75, 3.05) is 6.61 Å². The molecule has 1 aliphatic heterocycles. The smallest absolute Gasteiger partial charge is 0.0621 e. The Morgan fingerprint density at radius 3 is 3.18 bits per heavy atom. The Bertz CT molecular complexity index is 222. The quantitative estimate of drug-likeness (QED) is 0.548. The molecule has 0 unspecified atom stereocenters. The minimum atomic E-state index is 0.874. The third-order valence-electron chi connectivity index (χ3n) is 1.80. The lowest BCUT2D eigenvalue weighted by Crippen LogP contribution is -1.86. The van der Waals surface area contributed by atoms with E-state index in [1.54, 1.807) is 0 Å². The van der Waals surface area contributed by atoms with Gasteiger partial charge in [0.1, 0.15) is 0 Å². The van der Waals surface area contributed by atoms with Gasteiger partial charge in [-0.3, -0.25) is 0 Å². The lowest BCUT2D eigenvalue weighted by atomic mass is 10.1. The first-order valence-electron chi connectivity index (χ1n) is 3.84. The Labute approximate surface area is 71.0 Å². The highest BCUT2D eigenvalue weighted by atomic mass is 32.2. The van der Waals surface area contributed by atoms with Gasteiger partial charge in [0.2, 0.25) is 0 Å². The lowest BCUT2D eigenvalue weighted by molar-refractivity contribution is 0.370. The predicted octanol–water partition coefficient (Wildman–Crippen LogP) is 2.66. The minimum absolute atomic E-state index is 0.874. The molecule has 0 amide bonds. The molecule has 0 bridgehead atoms. The molecule has 2 heteroatoms. The monoisotopic (exact) mass is 166 g/mol. The van der Waals surface area contributed by atoms with E-state index < -0.39 is 0 Å². The molecule has 0 saturated carbocycles. The highest BCUT2D eigenvalue weighted by molar-refractivity contribution is 7.94. The Morgan fingerprint density at radius 1 is 1.27 bits per heavy atom. The van der Waals surface area contributed by atoms with E-state index in [0.717, 1.165) is 19.4 Å². The first-order valence-corrected chi connectivity index (χ1v) is 4.58. The first kappa shape index (κ1) is 7.19. The van der Waals surface area contributed by atoms with Crippen molar-refractivity contribution in [1.82, 2.24) is 0 Å². The second kappa shape index (κ2) is 3.28. The molecule has 1 nitrogen and oxygen atoms in total. The van der Waals surface area contributed by atoms with E-state index >= 15 is 0 Å². The van der Waals surface area contributed by atoms with E-state index in [-0.39, 0.29) is 0 Å². The standard InChI is InChI=1S/C9H10OS/c1-2-6-9-8(4-1)5-3-7-10-11-9/h1-2,4,6H,3,5,7H2. The van der Waals surface area contributed by atoms with Gasteiger partial charge in [-0.1, -0.05) is 18.2 Å². The summed E-state index contributed by atoms with van der Waals surface area (Å²) in [4.78, 5) is 1.28. The Morgan fingerprint density at radius 2 is 2.18 bits per heavy atom.